The number of anilines is 2. The highest BCUT2D eigenvalue weighted by Gasteiger charge is 2.18. The van der Waals surface area contributed by atoms with E-state index >= 15 is 0 Å². The highest BCUT2D eigenvalue weighted by molar-refractivity contribution is 5.55. The molecule has 0 amide bonds. The molecular formula is C17H20N2. The zero-order chi connectivity index (χ0) is 13.1. The maximum atomic E-state index is 2.49. The van der Waals surface area contributed by atoms with E-state index in [0.717, 1.165) is 26.2 Å². The van der Waals surface area contributed by atoms with Crippen LogP contribution in [0.4, 0.5) is 11.4 Å². The zero-order valence-corrected chi connectivity index (χ0v) is 11.4. The van der Waals surface area contributed by atoms with Crippen molar-refractivity contribution in [2.75, 3.05) is 36.0 Å². The predicted octanol–water partition coefficient (Wildman–Crippen LogP) is 3.32. The van der Waals surface area contributed by atoms with Crippen LogP contribution in [-0.4, -0.2) is 26.2 Å². The zero-order valence-electron chi connectivity index (χ0n) is 11.4. The first-order valence-corrected chi connectivity index (χ1v) is 6.95. The maximum Gasteiger partial charge on any atom is 0.0397 e. The van der Waals surface area contributed by atoms with Gasteiger partial charge in [0.1, 0.15) is 0 Å². The minimum atomic E-state index is 1.10. The number of rotatable bonds is 2. The summed E-state index contributed by atoms with van der Waals surface area (Å²) < 4.78 is 0. The van der Waals surface area contributed by atoms with E-state index in [4.69, 9.17) is 0 Å². The number of piperazine rings is 1. The molecule has 2 aromatic rings. The SMILES string of the molecule is Cc1ccccc1N1CCN(c2ccccc2)CC1. The molecule has 0 radical (unpaired) electrons. The topological polar surface area (TPSA) is 6.48 Å². The predicted molar refractivity (Wildman–Crippen MR) is 82.0 cm³/mol. The molecule has 1 saturated heterocycles. The molecule has 0 bridgehead atoms. The number of aryl methyl sites for hydroxylation is 1. The number of nitrogens with zero attached hydrogens (tertiary/aromatic N) is 2. The molecule has 2 nitrogen and oxygen atoms in total. The van der Waals surface area contributed by atoms with Crippen LogP contribution in [0.5, 0.6) is 0 Å². The molecule has 0 atom stereocenters. The average molecular weight is 252 g/mol. The average Bonchev–Trinajstić information content (AvgIpc) is 2.49. The van der Waals surface area contributed by atoms with Crippen molar-refractivity contribution in [3.63, 3.8) is 0 Å². The summed E-state index contributed by atoms with van der Waals surface area (Å²) in [4.78, 5) is 4.96. The molecule has 1 fully saturated rings. The number of benzene rings is 2. The third kappa shape index (κ3) is 2.58. The Kier molecular flexibility index (Phi) is 3.41. The molecule has 2 heteroatoms. The molecule has 1 aliphatic heterocycles. The minimum Gasteiger partial charge on any atom is -0.368 e. The smallest absolute Gasteiger partial charge is 0.0397 e. The lowest BCUT2D eigenvalue weighted by molar-refractivity contribution is 0.652. The van der Waals surface area contributed by atoms with Gasteiger partial charge in [-0.05, 0) is 30.7 Å². The third-order valence-electron chi connectivity index (χ3n) is 3.86. The summed E-state index contributed by atoms with van der Waals surface area (Å²) in [5.74, 6) is 0. The van der Waals surface area contributed by atoms with Gasteiger partial charge in [-0.1, -0.05) is 36.4 Å². The lowest BCUT2D eigenvalue weighted by Crippen LogP contribution is -2.46. The quantitative estimate of drug-likeness (QED) is 0.809. The van der Waals surface area contributed by atoms with Crippen molar-refractivity contribution in [3.05, 3.63) is 60.2 Å². The van der Waals surface area contributed by atoms with Crippen LogP contribution < -0.4 is 9.80 Å². The van der Waals surface area contributed by atoms with Gasteiger partial charge in [0.15, 0.2) is 0 Å². The lowest BCUT2D eigenvalue weighted by atomic mass is 10.1. The van der Waals surface area contributed by atoms with E-state index < -0.39 is 0 Å². The van der Waals surface area contributed by atoms with E-state index in [0.29, 0.717) is 0 Å². The van der Waals surface area contributed by atoms with Gasteiger partial charge in [-0.25, -0.2) is 0 Å². The Morgan fingerprint density at radius 1 is 0.684 bits per heavy atom. The Labute approximate surface area is 115 Å². The van der Waals surface area contributed by atoms with Crippen molar-refractivity contribution in [2.24, 2.45) is 0 Å². The fourth-order valence-electron chi connectivity index (χ4n) is 2.76. The van der Waals surface area contributed by atoms with Gasteiger partial charge in [-0.2, -0.15) is 0 Å². The molecule has 1 heterocycles. The van der Waals surface area contributed by atoms with E-state index in [-0.39, 0.29) is 0 Å². The van der Waals surface area contributed by atoms with Crippen molar-refractivity contribution >= 4 is 11.4 Å². The van der Waals surface area contributed by atoms with Crippen molar-refractivity contribution < 1.29 is 0 Å². The largest absolute Gasteiger partial charge is 0.368 e. The van der Waals surface area contributed by atoms with E-state index in [1.165, 1.54) is 16.9 Å². The molecule has 1 aliphatic rings. The van der Waals surface area contributed by atoms with Crippen molar-refractivity contribution in [2.45, 2.75) is 6.92 Å². The number of hydrogen-bond acceptors (Lipinski definition) is 2. The van der Waals surface area contributed by atoms with Gasteiger partial charge in [-0.3, -0.25) is 0 Å². The maximum absolute atomic E-state index is 2.49. The minimum absolute atomic E-state index is 1.10. The second kappa shape index (κ2) is 5.35. The Morgan fingerprint density at radius 2 is 1.26 bits per heavy atom. The molecule has 98 valence electrons. The first-order chi connectivity index (χ1) is 9.34. The molecule has 0 spiro atoms. The normalized spacial score (nSPS) is 15.6. The first kappa shape index (κ1) is 12.1. The van der Waals surface area contributed by atoms with Gasteiger partial charge < -0.3 is 9.80 Å². The van der Waals surface area contributed by atoms with Crippen molar-refractivity contribution in [3.8, 4) is 0 Å². The van der Waals surface area contributed by atoms with Crippen LogP contribution in [0.2, 0.25) is 0 Å². The van der Waals surface area contributed by atoms with E-state index in [1.807, 2.05) is 0 Å². The van der Waals surface area contributed by atoms with Crippen molar-refractivity contribution in [1.29, 1.82) is 0 Å². The summed E-state index contributed by atoms with van der Waals surface area (Å²) in [5.41, 5.74) is 4.10. The third-order valence-corrected chi connectivity index (χ3v) is 3.86. The second-order valence-electron chi connectivity index (χ2n) is 5.10. The molecule has 0 unspecified atom stereocenters. The summed E-state index contributed by atoms with van der Waals surface area (Å²) in [6.07, 6.45) is 0. The molecular weight excluding hydrogens is 232 g/mol. The Balaban J connectivity index is 1.69. The highest BCUT2D eigenvalue weighted by Crippen LogP contribution is 2.22. The molecule has 0 aromatic heterocycles. The molecule has 0 N–H and O–H groups in total. The fourth-order valence-corrected chi connectivity index (χ4v) is 2.76. The fraction of sp³-hybridized carbons (Fsp3) is 0.294. The first-order valence-electron chi connectivity index (χ1n) is 6.95. The van der Waals surface area contributed by atoms with Gasteiger partial charge in [0.25, 0.3) is 0 Å². The number of hydrogen-bond donors (Lipinski definition) is 0. The molecule has 0 saturated carbocycles. The Hall–Kier alpha value is -1.96. The lowest BCUT2D eigenvalue weighted by Gasteiger charge is -2.38. The van der Waals surface area contributed by atoms with Gasteiger partial charge in [0.2, 0.25) is 0 Å². The van der Waals surface area contributed by atoms with E-state index in [2.05, 4.69) is 71.3 Å². The number of para-hydroxylation sites is 2. The summed E-state index contributed by atoms with van der Waals surface area (Å²) in [6, 6.07) is 19.4. The highest BCUT2D eigenvalue weighted by atomic mass is 15.3. The van der Waals surface area contributed by atoms with E-state index in [9.17, 15) is 0 Å². The van der Waals surface area contributed by atoms with Crippen LogP contribution in [-0.2, 0) is 0 Å². The molecule has 2 aromatic carbocycles. The molecule has 19 heavy (non-hydrogen) atoms. The van der Waals surface area contributed by atoms with E-state index in [1.54, 1.807) is 0 Å². The molecule has 3 rings (SSSR count). The molecule has 0 aliphatic carbocycles. The van der Waals surface area contributed by atoms with Crippen molar-refractivity contribution in [1.82, 2.24) is 0 Å². The summed E-state index contributed by atoms with van der Waals surface area (Å²) in [7, 11) is 0. The summed E-state index contributed by atoms with van der Waals surface area (Å²) in [6.45, 7) is 6.58. The van der Waals surface area contributed by atoms with Crippen LogP contribution in [0.1, 0.15) is 5.56 Å². The van der Waals surface area contributed by atoms with Crippen LogP contribution in [0.25, 0.3) is 0 Å². The van der Waals surface area contributed by atoms with Gasteiger partial charge >= 0.3 is 0 Å². The van der Waals surface area contributed by atoms with Crippen LogP contribution in [0.3, 0.4) is 0 Å². The van der Waals surface area contributed by atoms with Gasteiger partial charge in [0, 0.05) is 37.6 Å². The summed E-state index contributed by atoms with van der Waals surface area (Å²) in [5, 5.41) is 0. The van der Waals surface area contributed by atoms with Gasteiger partial charge in [-0.15, -0.1) is 0 Å². The Morgan fingerprint density at radius 3 is 1.95 bits per heavy atom. The van der Waals surface area contributed by atoms with Crippen LogP contribution >= 0.6 is 0 Å². The standard InChI is InChI=1S/C17H20N2/c1-15-7-5-6-10-17(15)19-13-11-18(12-14-19)16-8-3-2-4-9-16/h2-10H,11-14H2,1H3. The summed E-state index contributed by atoms with van der Waals surface area (Å²) >= 11 is 0. The second-order valence-corrected chi connectivity index (χ2v) is 5.10. The van der Waals surface area contributed by atoms with Crippen LogP contribution in [0, 0.1) is 6.92 Å². The Bertz CT molecular complexity index is 528. The monoisotopic (exact) mass is 252 g/mol. The van der Waals surface area contributed by atoms with Crippen LogP contribution in [0.15, 0.2) is 54.6 Å². The van der Waals surface area contributed by atoms with Gasteiger partial charge in [0.05, 0.1) is 0 Å².